The lowest BCUT2D eigenvalue weighted by molar-refractivity contribution is 0.668. The molecule has 3 heterocycles. The molecule has 0 radical (unpaired) electrons. The van der Waals surface area contributed by atoms with Crippen molar-refractivity contribution in [2.75, 3.05) is 0 Å². The Morgan fingerprint density at radius 1 is 0.261 bits per heavy atom. The van der Waals surface area contributed by atoms with Gasteiger partial charge in [-0.1, -0.05) is 188 Å². The first kappa shape index (κ1) is 38.0. The Balaban J connectivity index is 0.923. The van der Waals surface area contributed by atoms with Crippen LogP contribution in [0.25, 0.3) is 123 Å². The minimum atomic E-state index is -0.433. The summed E-state index contributed by atoms with van der Waals surface area (Å²) >= 11 is 0. The van der Waals surface area contributed by atoms with Crippen molar-refractivity contribution < 1.29 is 8.83 Å². The maximum atomic E-state index is 6.67. The van der Waals surface area contributed by atoms with Crippen LogP contribution < -0.4 is 0 Å². The number of benzene rings is 10. The molecular formula is C64H37N3O2. The van der Waals surface area contributed by atoms with Crippen molar-refractivity contribution in [1.29, 1.82) is 0 Å². The largest absolute Gasteiger partial charge is 0.456 e. The second-order valence-corrected chi connectivity index (χ2v) is 18.2. The van der Waals surface area contributed by atoms with E-state index in [1.807, 2.05) is 48.5 Å². The van der Waals surface area contributed by atoms with Gasteiger partial charge in [0, 0.05) is 38.2 Å². The molecule has 0 bridgehead atoms. The number of hydrogen-bond donors (Lipinski definition) is 0. The smallest absolute Gasteiger partial charge is 0.164 e. The van der Waals surface area contributed by atoms with E-state index in [0.717, 1.165) is 82.8 Å². The highest BCUT2D eigenvalue weighted by Crippen LogP contribution is 2.63. The van der Waals surface area contributed by atoms with Gasteiger partial charge in [-0.25, -0.2) is 15.0 Å². The minimum absolute atomic E-state index is 0.433. The average Bonchev–Trinajstić information content (AvgIpc) is 4.16. The van der Waals surface area contributed by atoms with Gasteiger partial charge in [0.1, 0.15) is 22.3 Å². The molecule has 0 saturated heterocycles. The molecule has 5 heteroatoms. The molecule has 1 spiro atoms. The zero-order chi connectivity index (χ0) is 45.2. The summed E-state index contributed by atoms with van der Waals surface area (Å²) in [4.78, 5) is 15.9. The summed E-state index contributed by atoms with van der Waals surface area (Å²) in [5, 5.41) is 3.92. The quantitative estimate of drug-likeness (QED) is 0.172. The maximum Gasteiger partial charge on any atom is 0.164 e. The molecule has 2 aliphatic carbocycles. The Bertz CT molecular complexity index is 4200. The molecule has 0 fully saturated rings. The van der Waals surface area contributed by atoms with Crippen molar-refractivity contribution in [2.24, 2.45) is 0 Å². The van der Waals surface area contributed by atoms with Crippen LogP contribution in [-0.2, 0) is 5.41 Å². The molecule has 2 aliphatic rings. The van der Waals surface area contributed by atoms with E-state index in [1.54, 1.807) is 0 Å². The molecule has 15 rings (SSSR count). The first-order chi connectivity index (χ1) is 34.2. The fourth-order valence-electron chi connectivity index (χ4n) is 11.6. The van der Waals surface area contributed by atoms with E-state index < -0.39 is 5.41 Å². The number of para-hydroxylation sites is 1. The lowest BCUT2D eigenvalue weighted by Crippen LogP contribution is -2.25. The zero-order valence-corrected chi connectivity index (χ0v) is 37.0. The normalized spacial score (nSPS) is 13.0. The first-order valence-electron chi connectivity index (χ1n) is 23.4. The summed E-state index contributed by atoms with van der Waals surface area (Å²) < 4.78 is 13.0. The summed E-state index contributed by atoms with van der Waals surface area (Å²) in [6, 6.07) is 79.8. The molecule has 69 heavy (non-hydrogen) atoms. The molecule has 0 amide bonds. The number of rotatable bonds is 5. The van der Waals surface area contributed by atoms with E-state index in [2.05, 4.69) is 176 Å². The van der Waals surface area contributed by atoms with E-state index in [9.17, 15) is 0 Å². The molecule has 13 aromatic rings. The second kappa shape index (κ2) is 14.4. The highest BCUT2D eigenvalue weighted by molar-refractivity contribution is 6.14. The molecule has 0 atom stereocenters. The third-order valence-corrected chi connectivity index (χ3v) is 14.6. The van der Waals surface area contributed by atoms with Gasteiger partial charge in [0.2, 0.25) is 0 Å². The lowest BCUT2D eigenvalue weighted by atomic mass is 9.70. The topological polar surface area (TPSA) is 65.0 Å². The van der Waals surface area contributed by atoms with Crippen LogP contribution in [0.15, 0.2) is 233 Å². The van der Waals surface area contributed by atoms with Crippen LogP contribution in [0, 0.1) is 0 Å². The molecule has 0 unspecified atom stereocenters. The molecule has 0 N–H and O–H groups in total. The van der Waals surface area contributed by atoms with Crippen molar-refractivity contribution in [1.82, 2.24) is 15.0 Å². The standard InChI is InChI=1S/C64H37N3O2/c1-2-14-38(15-3-1)39-28-30-40(31-29-39)61-65-62(48-20-12-26-57-59(48)47-19-7-11-25-55(47)68-57)67-63(66-61)49-21-13-27-58-60(49)50-36-41(33-35-56(50)69-58)42-32-34-46-45-18-6-10-24-53(45)64(54(46)37-42)51-22-8-4-16-43(51)44-17-5-9-23-52(44)64/h1-37H. The van der Waals surface area contributed by atoms with Gasteiger partial charge in [-0.15, -0.1) is 0 Å². The van der Waals surface area contributed by atoms with Crippen LogP contribution in [-0.4, -0.2) is 15.0 Å². The number of hydrogen-bond acceptors (Lipinski definition) is 5. The van der Waals surface area contributed by atoms with Crippen LogP contribution in [0.2, 0.25) is 0 Å². The first-order valence-corrected chi connectivity index (χ1v) is 23.4. The van der Waals surface area contributed by atoms with E-state index >= 15 is 0 Å². The van der Waals surface area contributed by atoms with Crippen LogP contribution in [0.3, 0.4) is 0 Å². The van der Waals surface area contributed by atoms with Crippen LogP contribution in [0.4, 0.5) is 0 Å². The molecule has 0 saturated carbocycles. The van der Waals surface area contributed by atoms with Gasteiger partial charge in [-0.3, -0.25) is 0 Å². The predicted octanol–water partition coefficient (Wildman–Crippen LogP) is 16.3. The Kier molecular flexibility index (Phi) is 7.93. The highest BCUT2D eigenvalue weighted by atomic mass is 16.3. The number of nitrogens with zero attached hydrogens (tertiary/aromatic N) is 3. The van der Waals surface area contributed by atoms with Gasteiger partial charge in [0.05, 0.1) is 5.41 Å². The van der Waals surface area contributed by atoms with Gasteiger partial charge in [0.15, 0.2) is 17.5 Å². The monoisotopic (exact) mass is 879 g/mol. The van der Waals surface area contributed by atoms with Gasteiger partial charge in [-0.05, 0) is 103 Å². The lowest BCUT2D eigenvalue weighted by Gasteiger charge is -2.30. The summed E-state index contributed by atoms with van der Waals surface area (Å²) in [7, 11) is 0. The summed E-state index contributed by atoms with van der Waals surface area (Å²) in [5.74, 6) is 1.70. The van der Waals surface area contributed by atoms with Crippen LogP contribution in [0.5, 0.6) is 0 Å². The number of fused-ring (bicyclic) bond motifs is 16. The fraction of sp³-hybridized carbons (Fsp3) is 0.0156. The maximum absolute atomic E-state index is 6.67. The van der Waals surface area contributed by atoms with Gasteiger partial charge in [-0.2, -0.15) is 0 Å². The number of furan rings is 2. The van der Waals surface area contributed by atoms with Crippen LogP contribution >= 0.6 is 0 Å². The SMILES string of the molecule is c1ccc(-c2ccc(-c3nc(-c4cccc5oc6ccccc6c45)nc(-c4cccc5oc6ccc(-c7ccc8c(c7)C7(c9ccccc9-c9ccccc97)c7ccccc7-8)cc6c45)n3)cc2)cc1. The van der Waals surface area contributed by atoms with Crippen molar-refractivity contribution in [3.63, 3.8) is 0 Å². The minimum Gasteiger partial charge on any atom is -0.456 e. The second-order valence-electron chi connectivity index (χ2n) is 18.2. The van der Waals surface area contributed by atoms with Gasteiger partial charge in [0.25, 0.3) is 0 Å². The molecule has 320 valence electrons. The van der Waals surface area contributed by atoms with E-state index in [1.165, 1.54) is 44.5 Å². The number of aromatic nitrogens is 3. The molecule has 5 nitrogen and oxygen atoms in total. The summed E-state index contributed by atoms with van der Waals surface area (Å²) in [6.07, 6.45) is 0. The average molecular weight is 880 g/mol. The van der Waals surface area contributed by atoms with E-state index in [0.29, 0.717) is 17.5 Å². The summed E-state index contributed by atoms with van der Waals surface area (Å²) in [5.41, 5.74) is 20.3. The Morgan fingerprint density at radius 3 is 1.35 bits per heavy atom. The zero-order valence-electron chi connectivity index (χ0n) is 37.0. The van der Waals surface area contributed by atoms with Gasteiger partial charge >= 0.3 is 0 Å². The Labute approximate surface area is 396 Å². The predicted molar refractivity (Wildman–Crippen MR) is 278 cm³/mol. The van der Waals surface area contributed by atoms with Crippen molar-refractivity contribution in [3.8, 4) is 78.7 Å². The molecule has 3 aromatic heterocycles. The van der Waals surface area contributed by atoms with Crippen molar-refractivity contribution in [2.45, 2.75) is 5.41 Å². The summed E-state index contributed by atoms with van der Waals surface area (Å²) in [6.45, 7) is 0. The molecule has 10 aromatic carbocycles. The van der Waals surface area contributed by atoms with Gasteiger partial charge < -0.3 is 8.83 Å². The molecular weight excluding hydrogens is 843 g/mol. The Hall–Kier alpha value is -9.19. The van der Waals surface area contributed by atoms with Crippen molar-refractivity contribution in [3.05, 3.63) is 247 Å². The van der Waals surface area contributed by atoms with Crippen LogP contribution in [0.1, 0.15) is 22.3 Å². The van der Waals surface area contributed by atoms with E-state index in [4.69, 9.17) is 23.8 Å². The Morgan fingerprint density at radius 2 is 0.696 bits per heavy atom. The fourth-order valence-corrected chi connectivity index (χ4v) is 11.6. The highest BCUT2D eigenvalue weighted by Gasteiger charge is 2.51. The van der Waals surface area contributed by atoms with E-state index in [-0.39, 0.29) is 0 Å². The molecule has 0 aliphatic heterocycles. The third kappa shape index (κ3) is 5.44. The third-order valence-electron chi connectivity index (χ3n) is 14.6. The van der Waals surface area contributed by atoms with Crippen molar-refractivity contribution >= 4 is 43.9 Å².